The van der Waals surface area contributed by atoms with Crippen LogP contribution in [0.25, 0.3) is 0 Å². The van der Waals surface area contributed by atoms with E-state index in [4.69, 9.17) is 16.3 Å². The molecule has 3 rings (SSSR count). The Kier molecular flexibility index (Phi) is 4.49. The first-order chi connectivity index (χ1) is 11.2. The normalized spacial score (nSPS) is 10.3. The summed E-state index contributed by atoms with van der Waals surface area (Å²) < 4.78 is 5.78. The molecule has 0 spiro atoms. The van der Waals surface area contributed by atoms with Gasteiger partial charge in [0.2, 0.25) is 5.91 Å². The van der Waals surface area contributed by atoms with Gasteiger partial charge in [0.25, 0.3) is 0 Å². The molecule has 3 aromatic rings. The van der Waals surface area contributed by atoms with Crippen molar-refractivity contribution in [2.75, 3.05) is 5.32 Å². The number of carbonyl (C=O) groups excluding carboxylic acids is 1. The van der Waals surface area contributed by atoms with E-state index < -0.39 is 0 Å². The number of para-hydroxylation sites is 1. The van der Waals surface area contributed by atoms with Crippen LogP contribution in [0.1, 0.15) is 5.82 Å². The van der Waals surface area contributed by atoms with E-state index in [9.17, 15) is 4.79 Å². The average molecular weight is 330 g/mol. The average Bonchev–Trinajstić information content (AvgIpc) is 3.04. The second-order valence-electron chi connectivity index (χ2n) is 4.61. The molecule has 0 fully saturated rings. The molecule has 0 saturated heterocycles. The largest absolute Gasteiger partial charge is 0.455 e. The van der Waals surface area contributed by atoms with Gasteiger partial charge in [0.1, 0.15) is 5.75 Å². The summed E-state index contributed by atoms with van der Waals surface area (Å²) in [6.07, 6.45) is -0.00616. The van der Waals surface area contributed by atoms with E-state index in [1.807, 2.05) is 30.3 Å². The smallest absolute Gasteiger partial charge is 0.232 e. The fourth-order valence-corrected chi connectivity index (χ4v) is 2.07. The molecule has 0 radical (unpaired) electrons. The number of nitrogens with zero attached hydrogens (tertiary/aromatic N) is 3. The highest BCUT2D eigenvalue weighted by molar-refractivity contribution is 6.31. The van der Waals surface area contributed by atoms with E-state index >= 15 is 0 Å². The number of aromatic nitrogens is 4. The molecule has 1 heterocycles. The topological polar surface area (TPSA) is 92.8 Å². The van der Waals surface area contributed by atoms with Gasteiger partial charge in [0, 0.05) is 5.02 Å². The fourth-order valence-electron chi connectivity index (χ4n) is 1.90. The summed E-state index contributed by atoms with van der Waals surface area (Å²) in [5.74, 6) is 1.15. The molecule has 0 bridgehead atoms. The van der Waals surface area contributed by atoms with Gasteiger partial charge in [-0.25, -0.2) is 0 Å². The minimum Gasteiger partial charge on any atom is -0.455 e. The maximum atomic E-state index is 12.1. The number of aromatic amines is 1. The number of hydrogen-bond acceptors (Lipinski definition) is 5. The molecule has 1 amide bonds. The predicted molar refractivity (Wildman–Crippen MR) is 84.5 cm³/mol. The van der Waals surface area contributed by atoms with Crippen molar-refractivity contribution < 1.29 is 9.53 Å². The van der Waals surface area contributed by atoms with Crippen LogP contribution in [0, 0.1) is 0 Å². The third kappa shape index (κ3) is 4.04. The minimum absolute atomic E-state index is 0.00616. The number of H-pyrrole nitrogens is 1. The van der Waals surface area contributed by atoms with Gasteiger partial charge in [-0.1, -0.05) is 35.0 Å². The van der Waals surface area contributed by atoms with Crippen LogP contribution >= 0.6 is 11.6 Å². The van der Waals surface area contributed by atoms with Crippen LogP contribution in [0.4, 0.5) is 5.69 Å². The molecule has 0 aliphatic rings. The van der Waals surface area contributed by atoms with Crippen molar-refractivity contribution in [1.29, 1.82) is 0 Å². The number of halogens is 1. The summed E-state index contributed by atoms with van der Waals surface area (Å²) in [5, 5.41) is 16.4. The molecule has 0 unspecified atom stereocenters. The van der Waals surface area contributed by atoms with Crippen molar-refractivity contribution in [3.63, 3.8) is 0 Å². The summed E-state index contributed by atoms with van der Waals surface area (Å²) in [6.45, 7) is 0. The highest BCUT2D eigenvalue weighted by Gasteiger charge is 2.12. The second kappa shape index (κ2) is 6.89. The summed E-state index contributed by atoms with van der Waals surface area (Å²) in [4.78, 5) is 12.1. The van der Waals surface area contributed by atoms with Crippen molar-refractivity contribution in [1.82, 2.24) is 20.6 Å². The lowest BCUT2D eigenvalue weighted by atomic mass is 10.2. The Balaban J connectivity index is 1.77. The summed E-state index contributed by atoms with van der Waals surface area (Å²) in [5.41, 5.74) is 0.467. The molecule has 23 heavy (non-hydrogen) atoms. The van der Waals surface area contributed by atoms with Crippen molar-refractivity contribution in [2.45, 2.75) is 6.42 Å². The first-order valence-corrected chi connectivity index (χ1v) is 7.13. The molecule has 1 aromatic heterocycles. The van der Waals surface area contributed by atoms with Crippen LogP contribution in [0.5, 0.6) is 11.5 Å². The summed E-state index contributed by atoms with van der Waals surface area (Å²) in [6, 6.07) is 14.3. The molecule has 7 nitrogen and oxygen atoms in total. The fraction of sp³-hybridized carbons (Fsp3) is 0.0667. The zero-order chi connectivity index (χ0) is 16.1. The van der Waals surface area contributed by atoms with E-state index in [-0.39, 0.29) is 12.3 Å². The van der Waals surface area contributed by atoms with Crippen molar-refractivity contribution in [2.24, 2.45) is 0 Å². The van der Waals surface area contributed by atoms with Crippen molar-refractivity contribution in [3.8, 4) is 11.5 Å². The number of carbonyl (C=O) groups is 1. The Morgan fingerprint density at radius 2 is 2.04 bits per heavy atom. The van der Waals surface area contributed by atoms with Gasteiger partial charge < -0.3 is 10.1 Å². The van der Waals surface area contributed by atoms with Gasteiger partial charge >= 0.3 is 0 Å². The number of amides is 1. The van der Waals surface area contributed by atoms with E-state index in [1.54, 1.807) is 18.2 Å². The zero-order valence-corrected chi connectivity index (χ0v) is 12.6. The van der Waals surface area contributed by atoms with Gasteiger partial charge in [0.05, 0.1) is 12.1 Å². The Morgan fingerprint density at radius 1 is 1.22 bits per heavy atom. The highest BCUT2D eigenvalue weighted by Crippen LogP contribution is 2.32. The Bertz CT molecular complexity index is 793. The molecule has 0 atom stereocenters. The van der Waals surface area contributed by atoms with Crippen LogP contribution in [-0.4, -0.2) is 26.5 Å². The van der Waals surface area contributed by atoms with E-state index in [2.05, 4.69) is 25.9 Å². The maximum absolute atomic E-state index is 12.1. The summed E-state index contributed by atoms with van der Waals surface area (Å²) >= 11 is 6.00. The number of anilines is 1. The number of hydrogen-bond donors (Lipinski definition) is 2. The number of ether oxygens (including phenoxy) is 1. The first kappa shape index (κ1) is 15.0. The van der Waals surface area contributed by atoms with Crippen LogP contribution in [-0.2, 0) is 11.2 Å². The molecular weight excluding hydrogens is 318 g/mol. The first-order valence-electron chi connectivity index (χ1n) is 6.75. The van der Waals surface area contributed by atoms with E-state index in [0.717, 1.165) is 0 Å². The van der Waals surface area contributed by atoms with Crippen LogP contribution in [0.15, 0.2) is 48.5 Å². The lowest BCUT2D eigenvalue weighted by Crippen LogP contribution is -2.15. The van der Waals surface area contributed by atoms with Gasteiger partial charge in [-0.05, 0) is 30.3 Å². The Hall–Kier alpha value is -2.93. The van der Waals surface area contributed by atoms with E-state index in [1.165, 1.54) is 0 Å². The standard InChI is InChI=1S/C15H12ClN5O2/c16-10-6-7-13(23-11-4-2-1-3-5-11)12(8-10)17-15(22)9-14-18-20-21-19-14/h1-8H,9H2,(H,17,22)(H,18,19,20,21). The molecule has 0 aliphatic heterocycles. The second-order valence-corrected chi connectivity index (χ2v) is 5.05. The Labute approximate surface area is 136 Å². The number of benzene rings is 2. The van der Waals surface area contributed by atoms with E-state index in [0.29, 0.717) is 28.0 Å². The predicted octanol–water partition coefficient (Wildman–Crippen LogP) is 2.83. The molecule has 116 valence electrons. The molecule has 8 heteroatoms. The number of nitrogens with one attached hydrogen (secondary N) is 2. The van der Waals surface area contributed by atoms with Crippen LogP contribution < -0.4 is 10.1 Å². The molecule has 0 aliphatic carbocycles. The lowest BCUT2D eigenvalue weighted by molar-refractivity contribution is -0.115. The third-order valence-corrected chi connectivity index (χ3v) is 3.13. The molecular formula is C15H12ClN5O2. The molecule has 2 aromatic carbocycles. The number of rotatable bonds is 5. The van der Waals surface area contributed by atoms with Crippen LogP contribution in [0.2, 0.25) is 5.02 Å². The SMILES string of the molecule is O=C(Cc1nn[nH]n1)Nc1cc(Cl)ccc1Oc1ccccc1. The zero-order valence-electron chi connectivity index (χ0n) is 11.9. The van der Waals surface area contributed by atoms with Crippen molar-refractivity contribution >= 4 is 23.2 Å². The monoisotopic (exact) mass is 329 g/mol. The minimum atomic E-state index is -0.299. The van der Waals surface area contributed by atoms with Gasteiger partial charge in [-0.15, -0.1) is 10.2 Å². The van der Waals surface area contributed by atoms with Gasteiger partial charge in [-0.3, -0.25) is 4.79 Å². The number of tetrazole rings is 1. The molecule has 0 saturated carbocycles. The molecule has 2 N–H and O–H groups in total. The lowest BCUT2D eigenvalue weighted by Gasteiger charge is -2.12. The van der Waals surface area contributed by atoms with Gasteiger partial charge in [-0.2, -0.15) is 5.21 Å². The quantitative estimate of drug-likeness (QED) is 0.750. The van der Waals surface area contributed by atoms with Gasteiger partial charge in [0.15, 0.2) is 11.6 Å². The van der Waals surface area contributed by atoms with Crippen molar-refractivity contribution in [3.05, 3.63) is 59.4 Å². The van der Waals surface area contributed by atoms with Crippen LogP contribution in [0.3, 0.4) is 0 Å². The highest BCUT2D eigenvalue weighted by atomic mass is 35.5. The third-order valence-electron chi connectivity index (χ3n) is 2.89. The Morgan fingerprint density at radius 3 is 2.78 bits per heavy atom. The maximum Gasteiger partial charge on any atom is 0.232 e. The summed E-state index contributed by atoms with van der Waals surface area (Å²) in [7, 11) is 0.